The highest BCUT2D eigenvalue weighted by Gasteiger charge is 2.30. The molecule has 2 atom stereocenters. The van der Waals surface area contributed by atoms with Crippen LogP contribution in [-0.4, -0.2) is 28.1 Å². The maximum absolute atomic E-state index is 12.7. The van der Waals surface area contributed by atoms with Gasteiger partial charge in [0.05, 0.1) is 5.92 Å². The van der Waals surface area contributed by atoms with Crippen LogP contribution in [0.5, 0.6) is 0 Å². The summed E-state index contributed by atoms with van der Waals surface area (Å²) in [6.07, 6.45) is 0.970. The van der Waals surface area contributed by atoms with E-state index < -0.39 is 5.92 Å². The van der Waals surface area contributed by atoms with Gasteiger partial charge in [0.25, 0.3) is 5.91 Å². The van der Waals surface area contributed by atoms with Gasteiger partial charge in [0.15, 0.2) is 5.82 Å². The molecule has 1 aliphatic heterocycles. The number of carbonyl (C=O) groups excluding carboxylic acids is 2. The van der Waals surface area contributed by atoms with E-state index in [-0.39, 0.29) is 17.9 Å². The van der Waals surface area contributed by atoms with E-state index in [1.54, 1.807) is 12.1 Å². The highest BCUT2D eigenvalue weighted by Crippen LogP contribution is 2.25. The number of aryl methyl sites for hydroxylation is 1. The first kappa shape index (κ1) is 16.2. The molecule has 1 aromatic heterocycles. The third-order valence-electron chi connectivity index (χ3n) is 4.55. The summed E-state index contributed by atoms with van der Waals surface area (Å²) < 4.78 is 1.92. The van der Waals surface area contributed by atoms with Crippen LogP contribution in [0.1, 0.15) is 53.8 Å². The van der Waals surface area contributed by atoms with Crippen molar-refractivity contribution >= 4 is 17.6 Å². The summed E-state index contributed by atoms with van der Waals surface area (Å²) in [5.41, 5.74) is 2.33. The fourth-order valence-corrected chi connectivity index (χ4v) is 3.02. The molecule has 6 heteroatoms. The van der Waals surface area contributed by atoms with Gasteiger partial charge in [-0.2, -0.15) is 5.10 Å². The molecule has 6 nitrogen and oxygen atoms in total. The Balaban J connectivity index is 1.81. The zero-order valence-corrected chi connectivity index (χ0v) is 14.2. The van der Waals surface area contributed by atoms with E-state index >= 15 is 0 Å². The number of amides is 2. The number of hydrogen-bond donors (Lipinski definition) is 2. The Kier molecular flexibility index (Phi) is 4.38. The number of benzene rings is 1. The molecule has 0 saturated heterocycles. The number of nitrogens with one attached hydrogen (secondary N) is 2. The predicted octanol–water partition coefficient (Wildman–Crippen LogP) is 2.63. The van der Waals surface area contributed by atoms with Gasteiger partial charge in [0.1, 0.15) is 0 Å². The molecule has 0 fully saturated rings. The molecule has 2 aromatic rings. The standard InChI is InChI=1S/C18H22N4O2/c1-4-11(2)22-12(3)9-16(21-22)20-18(24)15-10-19-17(23)14-8-6-5-7-13(14)15/h5-9,11,15H,4,10H2,1-3H3,(H,19,23)(H,20,21,24). The van der Waals surface area contributed by atoms with Crippen LogP contribution in [0.15, 0.2) is 30.3 Å². The largest absolute Gasteiger partial charge is 0.351 e. The number of rotatable bonds is 4. The molecule has 0 aliphatic carbocycles. The van der Waals surface area contributed by atoms with Crippen molar-refractivity contribution in [3.63, 3.8) is 0 Å². The summed E-state index contributed by atoms with van der Waals surface area (Å²) in [6, 6.07) is 9.38. The minimum Gasteiger partial charge on any atom is -0.351 e. The van der Waals surface area contributed by atoms with Gasteiger partial charge in [-0.25, -0.2) is 0 Å². The monoisotopic (exact) mass is 326 g/mol. The Bertz CT molecular complexity index is 781. The maximum Gasteiger partial charge on any atom is 0.251 e. The molecule has 2 heterocycles. The Morgan fingerprint density at radius 3 is 2.96 bits per heavy atom. The van der Waals surface area contributed by atoms with Crippen molar-refractivity contribution in [2.24, 2.45) is 0 Å². The van der Waals surface area contributed by atoms with Gasteiger partial charge in [-0.05, 0) is 31.9 Å². The fraction of sp³-hybridized carbons (Fsp3) is 0.389. The minimum absolute atomic E-state index is 0.133. The van der Waals surface area contributed by atoms with Crippen LogP contribution >= 0.6 is 0 Å². The number of carbonyl (C=O) groups is 2. The molecular formula is C18H22N4O2. The Hall–Kier alpha value is -2.63. The second-order valence-electron chi connectivity index (χ2n) is 6.21. The van der Waals surface area contributed by atoms with Crippen molar-refractivity contribution in [1.29, 1.82) is 0 Å². The van der Waals surface area contributed by atoms with Gasteiger partial charge in [0.2, 0.25) is 5.91 Å². The summed E-state index contributed by atoms with van der Waals surface area (Å²) in [7, 11) is 0. The molecule has 1 aromatic carbocycles. The van der Waals surface area contributed by atoms with Gasteiger partial charge in [0, 0.05) is 29.9 Å². The molecule has 2 unspecified atom stereocenters. The molecular weight excluding hydrogens is 304 g/mol. The van der Waals surface area contributed by atoms with E-state index in [0.29, 0.717) is 17.9 Å². The second-order valence-corrected chi connectivity index (χ2v) is 6.21. The van der Waals surface area contributed by atoms with Crippen LogP contribution in [0.25, 0.3) is 0 Å². The fourth-order valence-electron chi connectivity index (χ4n) is 3.02. The molecule has 2 amide bonds. The molecule has 126 valence electrons. The quantitative estimate of drug-likeness (QED) is 0.907. The molecule has 24 heavy (non-hydrogen) atoms. The van der Waals surface area contributed by atoms with Crippen LogP contribution in [-0.2, 0) is 4.79 Å². The van der Waals surface area contributed by atoms with Gasteiger partial charge in [-0.1, -0.05) is 25.1 Å². The van der Waals surface area contributed by atoms with Gasteiger partial charge >= 0.3 is 0 Å². The lowest BCUT2D eigenvalue weighted by atomic mass is 9.90. The van der Waals surface area contributed by atoms with Gasteiger partial charge in [-0.15, -0.1) is 0 Å². The van der Waals surface area contributed by atoms with E-state index in [1.165, 1.54) is 0 Å². The van der Waals surface area contributed by atoms with Crippen molar-refractivity contribution in [3.8, 4) is 0 Å². The zero-order valence-electron chi connectivity index (χ0n) is 14.2. The van der Waals surface area contributed by atoms with Crippen LogP contribution in [0.4, 0.5) is 5.82 Å². The van der Waals surface area contributed by atoms with Crippen LogP contribution in [0, 0.1) is 6.92 Å². The molecule has 2 N–H and O–H groups in total. The Labute approximate surface area is 141 Å². The average Bonchev–Trinajstić information content (AvgIpc) is 2.95. The zero-order chi connectivity index (χ0) is 17.3. The van der Waals surface area contributed by atoms with Crippen molar-refractivity contribution in [3.05, 3.63) is 47.2 Å². The van der Waals surface area contributed by atoms with E-state index in [1.807, 2.05) is 29.8 Å². The van der Waals surface area contributed by atoms with E-state index in [0.717, 1.165) is 17.7 Å². The number of nitrogens with zero attached hydrogens (tertiary/aromatic N) is 2. The lowest BCUT2D eigenvalue weighted by molar-refractivity contribution is -0.117. The number of anilines is 1. The minimum atomic E-state index is -0.409. The Morgan fingerprint density at radius 2 is 2.21 bits per heavy atom. The lowest BCUT2D eigenvalue weighted by Crippen LogP contribution is -2.40. The molecule has 3 rings (SSSR count). The van der Waals surface area contributed by atoms with Crippen molar-refractivity contribution in [2.45, 2.75) is 39.2 Å². The molecule has 0 bridgehead atoms. The van der Waals surface area contributed by atoms with Crippen molar-refractivity contribution < 1.29 is 9.59 Å². The second kappa shape index (κ2) is 6.47. The summed E-state index contributed by atoms with van der Waals surface area (Å²) >= 11 is 0. The van der Waals surface area contributed by atoms with Crippen molar-refractivity contribution in [2.75, 3.05) is 11.9 Å². The summed E-state index contributed by atoms with van der Waals surface area (Å²) in [6.45, 7) is 6.47. The van der Waals surface area contributed by atoms with Gasteiger partial charge < -0.3 is 10.6 Å². The van der Waals surface area contributed by atoms with E-state index in [2.05, 4.69) is 29.6 Å². The smallest absolute Gasteiger partial charge is 0.251 e. The van der Waals surface area contributed by atoms with Crippen LogP contribution < -0.4 is 10.6 Å². The first-order valence-electron chi connectivity index (χ1n) is 8.25. The first-order chi connectivity index (χ1) is 11.5. The summed E-state index contributed by atoms with van der Waals surface area (Å²) in [4.78, 5) is 24.6. The summed E-state index contributed by atoms with van der Waals surface area (Å²) in [5.74, 6) is -0.150. The topological polar surface area (TPSA) is 76.0 Å². The average molecular weight is 326 g/mol. The van der Waals surface area contributed by atoms with Gasteiger partial charge in [-0.3, -0.25) is 14.3 Å². The highest BCUT2D eigenvalue weighted by molar-refractivity contribution is 6.03. The number of aromatic nitrogens is 2. The van der Waals surface area contributed by atoms with Crippen molar-refractivity contribution in [1.82, 2.24) is 15.1 Å². The van der Waals surface area contributed by atoms with E-state index in [4.69, 9.17) is 0 Å². The Morgan fingerprint density at radius 1 is 1.46 bits per heavy atom. The lowest BCUT2D eigenvalue weighted by Gasteiger charge is -2.24. The van der Waals surface area contributed by atoms with E-state index in [9.17, 15) is 9.59 Å². The first-order valence-corrected chi connectivity index (χ1v) is 8.25. The normalized spacial score (nSPS) is 17.8. The number of hydrogen-bond acceptors (Lipinski definition) is 3. The molecule has 0 radical (unpaired) electrons. The highest BCUT2D eigenvalue weighted by atomic mass is 16.2. The summed E-state index contributed by atoms with van der Waals surface area (Å²) in [5, 5.41) is 10.1. The third-order valence-corrected chi connectivity index (χ3v) is 4.55. The SMILES string of the molecule is CCC(C)n1nc(NC(=O)C2CNC(=O)c3ccccc32)cc1C. The molecule has 0 spiro atoms. The predicted molar refractivity (Wildman–Crippen MR) is 92.1 cm³/mol. The maximum atomic E-state index is 12.7. The van der Waals surface area contributed by atoms with Crippen LogP contribution in [0.3, 0.4) is 0 Å². The molecule has 1 aliphatic rings. The third kappa shape index (κ3) is 2.91. The molecule has 0 saturated carbocycles. The van der Waals surface area contributed by atoms with Crippen LogP contribution in [0.2, 0.25) is 0 Å². The number of fused-ring (bicyclic) bond motifs is 1.